The van der Waals surface area contributed by atoms with Crippen LogP contribution in [0.25, 0.3) is 0 Å². The minimum atomic E-state index is -5.65. The number of alkyl halides is 3. The summed E-state index contributed by atoms with van der Waals surface area (Å²) in [7, 11) is 0. The summed E-state index contributed by atoms with van der Waals surface area (Å²) < 4.78 is 34.3. The topological polar surface area (TPSA) is 107 Å². The number of nitro groups is 2. The maximum atomic E-state index is 11.4. The second-order valence-electron chi connectivity index (χ2n) is 1.57. The lowest BCUT2D eigenvalue weighted by atomic mass is 10.6. The third-order valence-electron chi connectivity index (χ3n) is 0.734. The standard InChI is InChI=1S/C2F3N3O5/c3-2(4,5)1(9)6(7(10)11)8(12)13. The second-order valence-corrected chi connectivity index (χ2v) is 1.57. The molecule has 0 aromatic heterocycles. The van der Waals surface area contributed by atoms with Crippen LogP contribution in [0.4, 0.5) is 13.2 Å². The molecule has 0 bridgehead atoms. The van der Waals surface area contributed by atoms with Crippen LogP contribution in [0.2, 0.25) is 0 Å². The van der Waals surface area contributed by atoms with Gasteiger partial charge in [0.1, 0.15) is 0 Å². The first-order valence-electron chi connectivity index (χ1n) is 2.37. The van der Waals surface area contributed by atoms with E-state index in [4.69, 9.17) is 0 Å². The highest BCUT2D eigenvalue weighted by atomic mass is 19.4. The molecule has 0 aromatic carbocycles. The van der Waals surface area contributed by atoms with Crippen molar-refractivity contribution in [2.75, 3.05) is 0 Å². The van der Waals surface area contributed by atoms with Gasteiger partial charge < -0.3 is 0 Å². The highest BCUT2D eigenvalue weighted by Gasteiger charge is 2.55. The fourth-order valence-corrected chi connectivity index (χ4v) is 0.321. The molecule has 0 unspecified atom stereocenters. The van der Waals surface area contributed by atoms with Gasteiger partial charge in [0.05, 0.1) is 0 Å². The Morgan fingerprint density at radius 2 is 1.46 bits per heavy atom. The molecule has 0 rings (SSSR count). The fourth-order valence-electron chi connectivity index (χ4n) is 0.321. The average molecular weight is 203 g/mol. The van der Waals surface area contributed by atoms with E-state index in [1.54, 1.807) is 0 Å². The van der Waals surface area contributed by atoms with Crippen LogP contribution in [0, 0.1) is 20.2 Å². The normalized spacial score (nSPS) is 10.7. The van der Waals surface area contributed by atoms with Crippen molar-refractivity contribution in [3.8, 4) is 0 Å². The predicted molar refractivity (Wildman–Crippen MR) is 26.9 cm³/mol. The average Bonchev–Trinajstić information content (AvgIpc) is 1.82. The van der Waals surface area contributed by atoms with Crippen molar-refractivity contribution in [3.63, 3.8) is 0 Å². The SMILES string of the molecule is O=C(N([N+](=O)[O-])[N+](=O)[O-])C(F)(F)F. The monoisotopic (exact) mass is 203 g/mol. The van der Waals surface area contributed by atoms with Gasteiger partial charge in [-0.15, -0.1) is 0 Å². The van der Waals surface area contributed by atoms with Crippen LogP contribution in [-0.2, 0) is 4.79 Å². The number of hydrazine groups is 2. The summed E-state index contributed by atoms with van der Waals surface area (Å²) in [5.41, 5.74) is 0. The lowest BCUT2D eigenvalue weighted by Gasteiger charge is -2.03. The van der Waals surface area contributed by atoms with E-state index in [-0.39, 0.29) is 0 Å². The molecule has 0 aliphatic heterocycles. The van der Waals surface area contributed by atoms with Gasteiger partial charge in [-0.2, -0.15) is 13.2 Å². The van der Waals surface area contributed by atoms with Gasteiger partial charge in [-0.1, -0.05) is 0 Å². The molecule has 1 amide bonds. The maximum Gasteiger partial charge on any atom is 0.484 e. The molecule has 13 heavy (non-hydrogen) atoms. The summed E-state index contributed by atoms with van der Waals surface area (Å²) in [5.74, 6) is -3.16. The van der Waals surface area contributed by atoms with Crippen LogP contribution >= 0.6 is 0 Å². The zero-order valence-corrected chi connectivity index (χ0v) is 5.52. The third kappa shape index (κ3) is 2.53. The van der Waals surface area contributed by atoms with E-state index >= 15 is 0 Å². The predicted octanol–water partition coefficient (Wildman–Crippen LogP) is -0.239. The Hall–Kier alpha value is -1.94. The quantitative estimate of drug-likeness (QED) is 0.454. The van der Waals surface area contributed by atoms with Crippen molar-refractivity contribution in [1.82, 2.24) is 5.12 Å². The minimum Gasteiger partial charge on any atom is -0.250 e. The first-order chi connectivity index (χ1) is 5.68. The van der Waals surface area contributed by atoms with Gasteiger partial charge in [0.2, 0.25) is 15.2 Å². The number of hydrogen-bond acceptors (Lipinski definition) is 5. The molecule has 8 nitrogen and oxygen atoms in total. The highest BCUT2D eigenvalue weighted by molar-refractivity contribution is 5.79. The minimum absolute atomic E-state index is 1.74. The molecule has 74 valence electrons. The van der Waals surface area contributed by atoms with E-state index in [0.717, 1.165) is 0 Å². The Labute approximate surface area is 66.8 Å². The molecule has 0 saturated heterocycles. The molecule has 0 atom stereocenters. The van der Waals surface area contributed by atoms with Crippen LogP contribution in [0.5, 0.6) is 0 Å². The zero-order chi connectivity index (χ0) is 10.8. The Bertz CT molecular complexity index is 246. The van der Waals surface area contributed by atoms with Gasteiger partial charge in [0.15, 0.2) is 0 Å². The Morgan fingerprint density at radius 1 is 1.15 bits per heavy atom. The third-order valence-corrected chi connectivity index (χ3v) is 0.734. The summed E-state index contributed by atoms with van der Waals surface area (Å²) in [4.78, 5) is 29.2. The molecule has 0 aliphatic rings. The first kappa shape index (κ1) is 11.1. The van der Waals surface area contributed by atoms with Crippen molar-refractivity contribution < 1.29 is 28.0 Å². The summed E-state index contributed by atoms with van der Waals surface area (Å²) in [6.45, 7) is 0. The summed E-state index contributed by atoms with van der Waals surface area (Å²) in [6.07, 6.45) is -5.65. The van der Waals surface area contributed by atoms with Crippen molar-refractivity contribution in [2.45, 2.75) is 6.18 Å². The molecular formula is C2F3N3O5. The summed E-state index contributed by atoms with van der Waals surface area (Å²) in [6, 6.07) is 0. The Kier molecular flexibility index (Phi) is 2.72. The van der Waals surface area contributed by atoms with Gasteiger partial charge >= 0.3 is 12.1 Å². The van der Waals surface area contributed by atoms with Gasteiger partial charge in [0, 0.05) is 0 Å². The fraction of sp³-hybridized carbons (Fsp3) is 0.500. The van der Waals surface area contributed by atoms with E-state index < -0.39 is 27.3 Å². The molecule has 0 radical (unpaired) electrons. The van der Waals surface area contributed by atoms with Crippen molar-refractivity contribution in [1.29, 1.82) is 0 Å². The van der Waals surface area contributed by atoms with Crippen LogP contribution in [-0.4, -0.2) is 27.3 Å². The van der Waals surface area contributed by atoms with E-state index in [9.17, 15) is 38.2 Å². The van der Waals surface area contributed by atoms with Crippen molar-refractivity contribution in [3.05, 3.63) is 20.2 Å². The van der Waals surface area contributed by atoms with Crippen LogP contribution in [0.15, 0.2) is 0 Å². The van der Waals surface area contributed by atoms with E-state index in [1.807, 2.05) is 0 Å². The zero-order valence-electron chi connectivity index (χ0n) is 5.52. The lowest BCUT2D eigenvalue weighted by Crippen LogP contribution is -2.47. The number of rotatable bonds is 2. The Morgan fingerprint density at radius 3 is 1.54 bits per heavy atom. The van der Waals surface area contributed by atoms with Gasteiger partial charge in [-0.05, 0) is 0 Å². The van der Waals surface area contributed by atoms with E-state index in [0.29, 0.717) is 0 Å². The number of halogens is 3. The van der Waals surface area contributed by atoms with Crippen molar-refractivity contribution in [2.24, 2.45) is 0 Å². The Balaban J connectivity index is 4.89. The number of carbonyl (C=O) groups is 1. The first-order valence-corrected chi connectivity index (χ1v) is 2.37. The molecule has 0 aromatic rings. The number of amides is 1. The van der Waals surface area contributed by atoms with Gasteiger partial charge in [-0.3, -0.25) is 4.79 Å². The molecule has 0 aliphatic carbocycles. The maximum absolute atomic E-state index is 11.4. The van der Waals surface area contributed by atoms with Crippen LogP contribution in [0.1, 0.15) is 0 Å². The van der Waals surface area contributed by atoms with Gasteiger partial charge in [-0.25, -0.2) is 20.2 Å². The van der Waals surface area contributed by atoms with Crippen LogP contribution in [0.3, 0.4) is 0 Å². The molecular weight excluding hydrogens is 203 g/mol. The van der Waals surface area contributed by atoms with Crippen molar-refractivity contribution >= 4 is 5.91 Å². The molecule has 0 fully saturated rings. The molecule has 0 heterocycles. The highest BCUT2D eigenvalue weighted by Crippen LogP contribution is 2.18. The largest absolute Gasteiger partial charge is 0.484 e. The molecule has 0 saturated carbocycles. The van der Waals surface area contributed by atoms with E-state index in [2.05, 4.69) is 0 Å². The van der Waals surface area contributed by atoms with Crippen LogP contribution < -0.4 is 0 Å². The molecule has 11 heteroatoms. The molecule has 0 N–H and O–H groups in total. The smallest absolute Gasteiger partial charge is 0.250 e. The summed E-state index contributed by atoms with van der Waals surface area (Å²) in [5, 5.41) is 13.3. The van der Waals surface area contributed by atoms with E-state index in [1.165, 1.54) is 0 Å². The number of carbonyl (C=O) groups excluding carboxylic acids is 1. The number of hydrogen-bond donors (Lipinski definition) is 0. The number of nitrogens with zero attached hydrogens (tertiary/aromatic N) is 3. The van der Waals surface area contributed by atoms with Gasteiger partial charge in [0.25, 0.3) is 0 Å². The summed E-state index contributed by atoms with van der Waals surface area (Å²) >= 11 is 0. The molecule has 0 spiro atoms. The lowest BCUT2D eigenvalue weighted by molar-refractivity contribution is -0.885. The second kappa shape index (κ2) is 3.20.